The maximum absolute atomic E-state index is 11.4. The highest BCUT2D eigenvalue weighted by molar-refractivity contribution is 5.98. The summed E-state index contributed by atoms with van der Waals surface area (Å²) in [5, 5.41) is 0. The minimum absolute atomic E-state index is 0.00764. The molecule has 0 N–H and O–H groups in total. The van der Waals surface area contributed by atoms with E-state index in [-0.39, 0.29) is 18.0 Å². The lowest BCUT2D eigenvalue weighted by molar-refractivity contribution is -0.125. The summed E-state index contributed by atoms with van der Waals surface area (Å²) in [6, 6.07) is 7.96. The Labute approximate surface area is 90.3 Å². The average Bonchev–Trinajstić information content (AvgIpc) is 2.17. The SMILES string of the molecule is CCc1ccc(CC(=O)CC(C)=O)cc1. The Morgan fingerprint density at radius 2 is 1.60 bits per heavy atom. The first kappa shape index (κ1) is 11.6. The quantitative estimate of drug-likeness (QED) is 0.690. The zero-order valence-electron chi connectivity index (χ0n) is 9.25. The molecule has 0 heterocycles. The molecule has 0 fully saturated rings. The van der Waals surface area contributed by atoms with Crippen molar-refractivity contribution in [1.82, 2.24) is 0 Å². The fourth-order valence-electron chi connectivity index (χ4n) is 1.46. The van der Waals surface area contributed by atoms with E-state index in [2.05, 4.69) is 6.92 Å². The monoisotopic (exact) mass is 204 g/mol. The van der Waals surface area contributed by atoms with Crippen molar-refractivity contribution in [2.45, 2.75) is 33.1 Å². The van der Waals surface area contributed by atoms with E-state index in [4.69, 9.17) is 0 Å². The van der Waals surface area contributed by atoms with Crippen LogP contribution in [0, 0.1) is 0 Å². The normalized spacial score (nSPS) is 10.0. The number of hydrogen-bond donors (Lipinski definition) is 0. The van der Waals surface area contributed by atoms with Gasteiger partial charge in [-0.15, -0.1) is 0 Å². The summed E-state index contributed by atoms with van der Waals surface area (Å²) in [6.45, 7) is 3.54. The summed E-state index contributed by atoms with van der Waals surface area (Å²) >= 11 is 0. The Morgan fingerprint density at radius 3 is 2.07 bits per heavy atom. The number of ketones is 2. The van der Waals surface area contributed by atoms with Gasteiger partial charge < -0.3 is 0 Å². The van der Waals surface area contributed by atoms with Crippen molar-refractivity contribution >= 4 is 11.6 Å². The number of aryl methyl sites for hydroxylation is 1. The number of benzene rings is 1. The molecule has 0 aliphatic carbocycles. The fraction of sp³-hybridized carbons (Fsp3) is 0.385. The number of Topliss-reactive ketones (excluding diaryl/α,β-unsaturated/α-hetero) is 2. The van der Waals surface area contributed by atoms with E-state index in [0.717, 1.165) is 12.0 Å². The Bertz CT molecular complexity index is 349. The van der Waals surface area contributed by atoms with Crippen LogP contribution in [0.2, 0.25) is 0 Å². The molecule has 0 aliphatic rings. The molecule has 0 bridgehead atoms. The largest absolute Gasteiger partial charge is 0.300 e. The van der Waals surface area contributed by atoms with Crippen LogP contribution in [0.1, 0.15) is 31.4 Å². The molecule has 0 aliphatic heterocycles. The lowest BCUT2D eigenvalue weighted by Crippen LogP contribution is -2.07. The summed E-state index contributed by atoms with van der Waals surface area (Å²) in [6.07, 6.45) is 1.42. The van der Waals surface area contributed by atoms with Gasteiger partial charge in [-0.1, -0.05) is 31.2 Å². The molecule has 1 aromatic carbocycles. The van der Waals surface area contributed by atoms with Crippen molar-refractivity contribution in [3.05, 3.63) is 35.4 Å². The Hall–Kier alpha value is -1.44. The zero-order valence-corrected chi connectivity index (χ0v) is 9.25. The van der Waals surface area contributed by atoms with Gasteiger partial charge >= 0.3 is 0 Å². The minimum atomic E-state index is -0.0646. The van der Waals surface area contributed by atoms with E-state index in [1.165, 1.54) is 12.5 Å². The first-order valence-corrected chi connectivity index (χ1v) is 5.20. The van der Waals surface area contributed by atoms with E-state index in [9.17, 15) is 9.59 Å². The van der Waals surface area contributed by atoms with Crippen molar-refractivity contribution < 1.29 is 9.59 Å². The van der Waals surface area contributed by atoms with Gasteiger partial charge in [0, 0.05) is 6.42 Å². The van der Waals surface area contributed by atoms with Crippen LogP contribution in [0.3, 0.4) is 0 Å². The predicted molar refractivity (Wildman–Crippen MR) is 59.8 cm³/mol. The van der Waals surface area contributed by atoms with Crippen molar-refractivity contribution in [1.29, 1.82) is 0 Å². The summed E-state index contributed by atoms with van der Waals surface area (Å²) in [5.74, 6) is -0.0723. The first-order valence-electron chi connectivity index (χ1n) is 5.20. The molecule has 2 heteroatoms. The molecule has 0 unspecified atom stereocenters. The van der Waals surface area contributed by atoms with Crippen LogP contribution in [0.15, 0.2) is 24.3 Å². The molecular formula is C13H16O2. The van der Waals surface area contributed by atoms with Crippen LogP contribution < -0.4 is 0 Å². The van der Waals surface area contributed by atoms with Crippen molar-refractivity contribution in [2.75, 3.05) is 0 Å². The summed E-state index contributed by atoms with van der Waals surface area (Å²) in [7, 11) is 0. The van der Waals surface area contributed by atoms with E-state index in [1.54, 1.807) is 0 Å². The van der Waals surface area contributed by atoms with Gasteiger partial charge in [0.15, 0.2) is 0 Å². The van der Waals surface area contributed by atoms with Gasteiger partial charge in [0.25, 0.3) is 0 Å². The molecule has 15 heavy (non-hydrogen) atoms. The lowest BCUT2D eigenvalue weighted by Gasteiger charge is -2.01. The van der Waals surface area contributed by atoms with Crippen LogP contribution in [0.25, 0.3) is 0 Å². The third-order valence-electron chi connectivity index (χ3n) is 2.28. The number of hydrogen-bond acceptors (Lipinski definition) is 2. The average molecular weight is 204 g/mol. The molecule has 1 rings (SSSR count). The van der Waals surface area contributed by atoms with Crippen molar-refractivity contribution in [2.24, 2.45) is 0 Å². The molecule has 0 aromatic heterocycles. The highest BCUT2D eigenvalue weighted by Crippen LogP contribution is 2.07. The molecule has 0 amide bonds. The highest BCUT2D eigenvalue weighted by atomic mass is 16.1. The Balaban J connectivity index is 2.57. The second-order valence-electron chi connectivity index (χ2n) is 3.76. The van der Waals surface area contributed by atoms with E-state index < -0.39 is 0 Å². The zero-order chi connectivity index (χ0) is 11.3. The van der Waals surface area contributed by atoms with Gasteiger partial charge in [0.1, 0.15) is 11.6 Å². The van der Waals surface area contributed by atoms with E-state index in [0.29, 0.717) is 6.42 Å². The predicted octanol–water partition coefficient (Wildman–Crippen LogP) is 2.34. The maximum Gasteiger partial charge on any atom is 0.144 e. The minimum Gasteiger partial charge on any atom is -0.300 e. The molecule has 80 valence electrons. The van der Waals surface area contributed by atoms with Gasteiger partial charge in [0.2, 0.25) is 0 Å². The van der Waals surface area contributed by atoms with E-state index >= 15 is 0 Å². The lowest BCUT2D eigenvalue weighted by atomic mass is 10.0. The van der Waals surface area contributed by atoms with Crippen LogP contribution >= 0.6 is 0 Å². The highest BCUT2D eigenvalue weighted by Gasteiger charge is 2.06. The molecule has 1 aromatic rings. The number of carbonyl (C=O) groups is 2. The van der Waals surface area contributed by atoms with Gasteiger partial charge in [-0.2, -0.15) is 0 Å². The molecule has 2 nitrogen and oxygen atoms in total. The van der Waals surface area contributed by atoms with Crippen LogP contribution in [-0.2, 0) is 22.4 Å². The van der Waals surface area contributed by atoms with Crippen LogP contribution in [-0.4, -0.2) is 11.6 Å². The molecule has 0 spiro atoms. The van der Waals surface area contributed by atoms with Crippen LogP contribution in [0.4, 0.5) is 0 Å². The molecule has 0 saturated heterocycles. The molecule has 0 saturated carbocycles. The number of carbonyl (C=O) groups excluding carboxylic acids is 2. The topological polar surface area (TPSA) is 34.1 Å². The number of rotatable bonds is 5. The molecule has 0 radical (unpaired) electrons. The van der Waals surface area contributed by atoms with Gasteiger partial charge in [-0.05, 0) is 24.5 Å². The Kier molecular flexibility index (Phi) is 4.22. The third kappa shape index (κ3) is 4.07. The van der Waals surface area contributed by atoms with E-state index in [1.807, 2.05) is 24.3 Å². The van der Waals surface area contributed by atoms with Crippen molar-refractivity contribution in [3.63, 3.8) is 0 Å². The van der Waals surface area contributed by atoms with Crippen molar-refractivity contribution in [3.8, 4) is 0 Å². The second-order valence-corrected chi connectivity index (χ2v) is 3.76. The fourth-order valence-corrected chi connectivity index (χ4v) is 1.46. The second kappa shape index (κ2) is 5.44. The van der Waals surface area contributed by atoms with Gasteiger partial charge in [-0.3, -0.25) is 9.59 Å². The van der Waals surface area contributed by atoms with Gasteiger partial charge in [0.05, 0.1) is 6.42 Å². The standard InChI is InChI=1S/C13H16O2/c1-3-11-4-6-12(7-5-11)9-13(15)8-10(2)14/h4-7H,3,8-9H2,1-2H3. The summed E-state index contributed by atoms with van der Waals surface area (Å²) < 4.78 is 0. The maximum atomic E-state index is 11.4. The summed E-state index contributed by atoms with van der Waals surface area (Å²) in [4.78, 5) is 22.1. The Morgan fingerprint density at radius 1 is 1.07 bits per heavy atom. The molecular weight excluding hydrogens is 188 g/mol. The molecule has 0 atom stereocenters. The first-order chi connectivity index (χ1) is 7.11. The smallest absolute Gasteiger partial charge is 0.144 e. The third-order valence-corrected chi connectivity index (χ3v) is 2.28. The van der Waals surface area contributed by atoms with Crippen LogP contribution in [0.5, 0.6) is 0 Å². The van der Waals surface area contributed by atoms with Gasteiger partial charge in [-0.25, -0.2) is 0 Å². The summed E-state index contributed by atoms with van der Waals surface area (Å²) in [5.41, 5.74) is 2.25.